The number of aromatic nitrogens is 2. The molecular formula is C19H17N3O5. The van der Waals surface area contributed by atoms with Crippen molar-refractivity contribution in [2.75, 3.05) is 19.2 Å². The third-order valence-corrected chi connectivity index (χ3v) is 4.03. The van der Waals surface area contributed by atoms with Gasteiger partial charge in [0.1, 0.15) is 5.75 Å². The van der Waals surface area contributed by atoms with Gasteiger partial charge in [0.05, 0.1) is 7.11 Å². The van der Waals surface area contributed by atoms with E-state index in [1.807, 2.05) is 24.3 Å². The summed E-state index contributed by atoms with van der Waals surface area (Å²) in [4.78, 5) is 12.1. The number of amides is 1. The number of benzene rings is 2. The number of hydrogen-bond donors (Lipinski definition) is 1. The van der Waals surface area contributed by atoms with Crippen molar-refractivity contribution in [1.29, 1.82) is 0 Å². The third-order valence-electron chi connectivity index (χ3n) is 4.03. The first kappa shape index (κ1) is 16.9. The van der Waals surface area contributed by atoms with Gasteiger partial charge in [-0.15, -0.1) is 10.2 Å². The highest BCUT2D eigenvalue weighted by Gasteiger charge is 2.15. The maximum absolute atomic E-state index is 12.1. The smallest absolute Gasteiger partial charge is 0.247 e. The van der Waals surface area contributed by atoms with E-state index in [0.29, 0.717) is 35.4 Å². The largest absolute Gasteiger partial charge is 0.497 e. The molecule has 3 aromatic rings. The van der Waals surface area contributed by atoms with E-state index in [-0.39, 0.29) is 19.1 Å². The van der Waals surface area contributed by atoms with Crippen LogP contribution >= 0.6 is 0 Å². The van der Waals surface area contributed by atoms with Crippen LogP contribution < -0.4 is 19.5 Å². The zero-order valence-electron chi connectivity index (χ0n) is 14.6. The number of aryl methyl sites for hydroxylation is 1. The molecule has 0 saturated carbocycles. The Morgan fingerprint density at radius 2 is 1.93 bits per heavy atom. The van der Waals surface area contributed by atoms with E-state index in [4.69, 9.17) is 18.6 Å². The van der Waals surface area contributed by atoms with Crippen molar-refractivity contribution >= 4 is 11.6 Å². The summed E-state index contributed by atoms with van der Waals surface area (Å²) in [5.74, 6) is 2.70. The monoisotopic (exact) mass is 367 g/mol. The Labute approximate surface area is 155 Å². The van der Waals surface area contributed by atoms with E-state index in [0.717, 1.165) is 11.3 Å². The topological polar surface area (TPSA) is 95.7 Å². The van der Waals surface area contributed by atoms with Gasteiger partial charge in [0, 0.05) is 30.2 Å². The van der Waals surface area contributed by atoms with Gasteiger partial charge < -0.3 is 23.9 Å². The average molecular weight is 367 g/mol. The highest BCUT2D eigenvalue weighted by molar-refractivity contribution is 5.91. The number of hydrogen-bond acceptors (Lipinski definition) is 7. The molecule has 1 aromatic heterocycles. The van der Waals surface area contributed by atoms with E-state index in [1.54, 1.807) is 25.3 Å². The van der Waals surface area contributed by atoms with Crippen molar-refractivity contribution in [2.45, 2.75) is 12.8 Å². The van der Waals surface area contributed by atoms with Crippen molar-refractivity contribution in [2.24, 2.45) is 0 Å². The molecule has 138 valence electrons. The van der Waals surface area contributed by atoms with Crippen molar-refractivity contribution < 1.29 is 23.4 Å². The second kappa shape index (κ2) is 7.36. The van der Waals surface area contributed by atoms with Crippen molar-refractivity contribution in [1.82, 2.24) is 10.2 Å². The molecule has 0 atom stereocenters. The minimum absolute atomic E-state index is 0.155. The lowest BCUT2D eigenvalue weighted by atomic mass is 10.2. The molecule has 1 aliphatic heterocycles. The minimum atomic E-state index is -0.155. The molecule has 0 aliphatic carbocycles. The number of nitrogens with one attached hydrogen (secondary N) is 1. The quantitative estimate of drug-likeness (QED) is 0.715. The molecule has 27 heavy (non-hydrogen) atoms. The number of ether oxygens (including phenoxy) is 3. The molecule has 4 rings (SSSR count). The van der Waals surface area contributed by atoms with Crippen molar-refractivity contribution in [3.05, 3.63) is 48.4 Å². The van der Waals surface area contributed by atoms with E-state index in [2.05, 4.69) is 15.5 Å². The Balaban J connectivity index is 1.33. The van der Waals surface area contributed by atoms with E-state index in [9.17, 15) is 4.79 Å². The lowest BCUT2D eigenvalue weighted by molar-refractivity contribution is -0.116. The Morgan fingerprint density at radius 3 is 2.74 bits per heavy atom. The van der Waals surface area contributed by atoms with Crippen molar-refractivity contribution in [3.63, 3.8) is 0 Å². The summed E-state index contributed by atoms with van der Waals surface area (Å²) in [6.07, 6.45) is 0.568. The number of anilines is 1. The number of rotatable bonds is 6. The number of carbonyl (C=O) groups excluding carboxylic acids is 1. The summed E-state index contributed by atoms with van der Waals surface area (Å²) in [7, 11) is 1.61. The number of carbonyl (C=O) groups is 1. The molecule has 0 fully saturated rings. The second-order valence-electron chi connectivity index (χ2n) is 5.85. The standard InChI is InChI=1S/C19H17N3O5/c1-24-14-5-2-12(3-6-14)19-22-21-18(27-19)9-8-17(23)20-13-4-7-15-16(10-13)26-11-25-15/h2-7,10H,8-9,11H2,1H3,(H,20,23). The van der Waals surface area contributed by atoms with Crippen LogP contribution in [0.1, 0.15) is 12.3 Å². The minimum Gasteiger partial charge on any atom is -0.497 e. The maximum Gasteiger partial charge on any atom is 0.247 e. The van der Waals surface area contributed by atoms with Crippen LogP contribution in [0.5, 0.6) is 17.2 Å². The highest BCUT2D eigenvalue weighted by Crippen LogP contribution is 2.34. The summed E-state index contributed by atoms with van der Waals surface area (Å²) in [5, 5.41) is 10.8. The molecule has 1 aliphatic rings. The van der Waals surface area contributed by atoms with Crippen LogP contribution in [0.25, 0.3) is 11.5 Å². The van der Waals surface area contributed by atoms with Crippen LogP contribution in [0, 0.1) is 0 Å². The summed E-state index contributed by atoms with van der Waals surface area (Å²) in [6.45, 7) is 0.195. The molecule has 0 radical (unpaired) electrons. The average Bonchev–Trinajstić information content (AvgIpc) is 3.35. The molecule has 0 bridgehead atoms. The third kappa shape index (κ3) is 3.84. The Kier molecular flexibility index (Phi) is 4.61. The van der Waals surface area contributed by atoms with Gasteiger partial charge in [0.25, 0.3) is 0 Å². The van der Waals surface area contributed by atoms with Gasteiger partial charge in [0.2, 0.25) is 24.5 Å². The summed E-state index contributed by atoms with van der Waals surface area (Å²) >= 11 is 0. The molecule has 0 saturated heterocycles. The molecule has 1 N–H and O–H groups in total. The fourth-order valence-corrected chi connectivity index (χ4v) is 2.62. The molecule has 1 amide bonds. The van der Waals surface area contributed by atoms with Crippen LogP contribution in [0.15, 0.2) is 46.9 Å². The fraction of sp³-hybridized carbons (Fsp3) is 0.211. The number of nitrogens with zero attached hydrogens (tertiary/aromatic N) is 2. The first-order valence-electron chi connectivity index (χ1n) is 8.37. The summed E-state index contributed by atoms with van der Waals surface area (Å²) < 4.78 is 21.3. The normalized spacial score (nSPS) is 12.0. The van der Waals surface area contributed by atoms with Crippen LogP contribution in [0.2, 0.25) is 0 Å². The lowest BCUT2D eigenvalue weighted by Crippen LogP contribution is -2.12. The predicted octanol–water partition coefficient (Wildman–Crippen LogP) is 3.05. The molecule has 8 heteroatoms. The summed E-state index contributed by atoms with van der Waals surface area (Å²) in [5.41, 5.74) is 1.44. The molecular weight excluding hydrogens is 350 g/mol. The van der Waals surface area contributed by atoms with Crippen LogP contribution in [-0.4, -0.2) is 30.0 Å². The summed E-state index contributed by atoms with van der Waals surface area (Å²) in [6, 6.07) is 12.6. The van der Waals surface area contributed by atoms with Gasteiger partial charge in [-0.2, -0.15) is 0 Å². The SMILES string of the molecule is COc1ccc(-c2nnc(CCC(=O)Nc3ccc4c(c3)OCO4)o2)cc1. The van der Waals surface area contributed by atoms with Crippen molar-refractivity contribution in [3.8, 4) is 28.7 Å². The first-order valence-corrected chi connectivity index (χ1v) is 8.37. The second-order valence-corrected chi connectivity index (χ2v) is 5.85. The Morgan fingerprint density at radius 1 is 1.11 bits per heavy atom. The maximum atomic E-state index is 12.1. The number of fused-ring (bicyclic) bond motifs is 1. The first-order chi connectivity index (χ1) is 13.2. The van der Waals surface area contributed by atoms with Gasteiger partial charge in [-0.25, -0.2) is 0 Å². The highest BCUT2D eigenvalue weighted by atomic mass is 16.7. The molecule has 0 spiro atoms. The van der Waals surface area contributed by atoms with Crippen LogP contribution in [0.3, 0.4) is 0 Å². The van der Waals surface area contributed by atoms with E-state index < -0.39 is 0 Å². The number of methoxy groups -OCH3 is 1. The van der Waals surface area contributed by atoms with E-state index in [1.165, 1.54) is 0 Å². The van der Waals surface area contributed by atoms with Gasteiger partial charge in [-0.05, 0) is 36.4 Å². The van der Waals surface area contributed by atoms with Gasteiger partial charge >= 0.3 is 0 Å². The Bertz CT molecular complexity index is 952. The van der Waals surface area contributed by atoms with Gasteiger partial charge in [-0.3, -0.25) is 4.79 Å². The zero-order chi connectivity index (χ0) is 18.6. The molecule has 0 unspecified atom stereocenters. The van der Waals surface area contributed by atoms with Crippen LogP contribution in [-0.2, 0) is 11.2 Å². The Hall–Kier alpha value is -3.55. The lowest BCUT2D eigenvalue weighted by Gasteiger charge is -2.05. The predicted molar refractivity (Wildman–Crippen MR) is 95.8 cm³/mol. The van der Waals surface area contributed by atoms with Crippen LogP contribution in [0.4, 0.5) is 5.69 Å². The van der Waals surface area contributed by atoms with Gasteiger partial charge in [0.15, 0.2) is 11.5 Å². The van der Waals surface area contributed by atoms with E-state index >= 15 is 0 Å². The fourth-order valence-electron chi connectivity index (χ4n) is 2.62. The molecule has 2 aromatic carbocycles. The zero-order valence-corrected chi connectivity index (χ0v) is 14.6. The molecule has 8 nitrogen and oxygen atoms in total. The molecule has 2 heterocycles. The van der Waals surface area contributed by atoms with Gasteiger partial charge in [-0.1, -0.05) is 0 Å².